The zero-order chi connectivity index (χ0) is 28.5. The van der Waals surface area contributed by atoms with Crippen LogP contribution in [-0.4, -0.2) is 40.4 Å². The topological polar surface area (TPSA) is 54.0 Å². The zero-order valence-electron chi connectivity index (χ0n) is 24.0. The van der Waals surface area contributed by atoms with E-state index in [1.54, 1.807) is 13.8 Å². The van der Waals surface area contributed by atoms with Crippen molar-refractivity contribution in [2.45, 2.75) is 103 Å². The van der Waals surface area contributed by atoms with Crippen LogP contribution in [0.15, 0.2) is 48.5 Å². The van der Waals surface area contributed by atoms with Crippen LogP contribution in [0.3, 0.4) is 0 Å². The van der Waals surface area contributed by atoms with Crippen molar-refractivity contribution in [3.63, 3.8) is 0 Å². The zero-order valence-corrected chi connectivity index (χ0v) is 26.3. The van der Waals surface area contributed by atoms with Gasteiger partial charge in [0.1, 0.15) is 35.9 Å². The minimum absolute atomic E-state index is 0.0519. The SMILES string of the molecule is CC(OS(=O)OC(C)C(CCCl)Oc1ccc(C(C)(C)C)cc1)C(CCCl)Oc1ccc(C(C)(C)C)cc1. The lowest BCUT2D eigenvalue weighted by Gasteiger charge is -2.27. The van der Waals surface area contributed by atoms with E-state index in [0.29, 0.717) is 36.1 Å². The molecule has 0 saturated heterocycles. The van der Waals surface area contributed by atoms with Crippen molar-refractivity contribution in [1.29, 1.82) is 0 Å². The average Bonchev–Trinajstić information content (AvgIpc) is 2.83. The Balaban J connectivity index is 1.98. The first kappa shape index (κ1) is 32.9. The molecule has 0 aliphatic rings. The van der Waals surface area contributed by atoms with Gasteiger partial charge in [-0.2, -0.15) is 4.21 Å². The summed E-state index contributed by atoms with van der Waals surface area (Å²) in [5.41, 5.74) is 2.53. The summed E-state index contributed by atoms with van der Waals surface area (Å²) in [6, 6.07) is 16.0. The molecule has 214 valence electrons. The van der Waals surface area contributed by atoms with Gasteiger partial charge in [-0.1, -0.05) is 65.8 Å². The van der Waals surface area contributed by atoms with Gasteiger partial charge in [0.25, 0.3) is 0 Å². The lowest BCUT2D eigenvalue weighted by Crippen LogP contribution is -2.36. The number of halogens is 2. The second kappa shape index (κ2) is 14.9. The van der Waals surface area contributed by atoms with Crippen LogP contribution >= 0.6 is 23.2 Å². The molecule has 0 heterocycles. The van der Waals surface area contributed by atoms with E-state index in [9.17, 15) is 4.21 Å². The first-order chi connectivity index (χ1) is 17.7. The summed E-state index contributed by atoms with van der Waals surface area (Å²) in [5.74, 6) is 2.16. The van der Waals surface area contributed by atoms with Crippen molar-refractivity contribution in [2.75, 3.05) is 11.8 Å². The maximum Gasteiger partial charge on any atom is 0.305 e. The van der Waals surface area contributed by atoms with Crippen LogP contribution in [-0.2, 0) is 30.6 Å². The van der Waals surface area contributed by atoms with E-state index in [4.69, 9.17) is 41.0 Å². The predicted molar refractivity (Wildman–Crippen MR) is 159 cm³/mol. The number of hydrogen-bond donors (Lipinski definition) is 0. The third-order valence-corrected chi connectivity index (χ3v) is 7.67. The molecule has 0 aromatic heterocycles. The highest BCUT2D eigenvalue weighted by Gasteiger charge is 2.27. The van der Waals surface area contributed by atoms with Crippen LogP contribution in [0.1, 0.15) is 79.4 Å². The second-order valence-electron chi connectivity index (χ2n) is 11.6. The van der Waals surface area contributed by atoms with Crippen molar-refractivity contribution in [2.24, 2.45) is 0 Å². The molecule has 38 heavy (non-hydrogen) atoms. The minimum Gasteiger partial charge on any atom is -0.488 e. The molecule has 0 bridgehead atoms. The van der Waals surface area contributed by atoms with Crippen molar-refractivity contribution in [3.8, 4) is 11.5 Å². The fraction of sp³-hybridized carbons (Fsp3) is 0.600. The highest BCUT2D eigenvalue weighted by atomic mass is 35.5. The Morgan fingerprint density at radius 2 is 0.974 bits per heavy atom. The van der Waals surface area contributed by atoms with Gasteiger partial charge in [-0.25, -0.2) is 0 Å². The van der Waals surface area contributed by atoms with Gasteiger partial charge >= 0.3 is 11.4 Å². The molecule has 2 rings (SSSR count). The molecule has 5 nitrogen and oxygen atoms in total. The van der Waals surface area contributed by atoms with E-state index in [-0.39, 0.29) is 10.8 Å². The number of alkyl halides is 2. The molecule has 4 unspecified atom stereocenters. The summed E-state index contributed by atoms with van der Waals surface area (Å²) in [5, 5.41) is 0. The number of ether oxygens (including phenoxy) is 2. The van der Waals surface area contributed by atoms with E-state index in [1.807, 2.05) is 24.3 Å². The highest BCUT2D eigenvalue weighted by Crippen LogP contribution is 2.27. The number of rotatable bonds is 14. The van der Waals surface area contributed by atoms with Gasteiger partial charge < -0.3 is 9.47 Å². The Labute approximate surface area is 242 Å². The van der Waals surface area contributed by atoms with Crippen molar-refractivity contribution >= 4 is 34.6 Å². The molecule has 0 aliphatic carbocycles. The largest absolute Gasteiger partial charge is 0.488 e. The Bertz CT molecular complexity index is 904. The van der Waals surface area contributed by atoms with Gasteiger partial charge in [-0.15, -0.1) is 23.2 Å². The van der Waals surface area contributed by atoms with Crippen LogP contribution in [0.5, 0.6) is 11.5 Å². The maximum atomic E-state index is 12.8. The summed E-state index contributed by atoms with van der Waals surface area (Å²) in [4.78, 5) is 0. The molecular weight excluding hydrogens is 543 g/mol. The lowest BCUT2D eigenvalue weighted by atomic mass is 9.87. The fourth-order valence-corrected chi connectivity index (χ4v) is 5.02. The fourth-order valence-electron chi connectivity index (χ4n) is 3.81. The van der Waals surface area contributed by atoms with E-state index < -0.39 is 35.8 Å². The smallest absolute Gasteiger partial charge is 0.305 e. The highest BCUT2D eigenvalue weighted by molar-refractivity contribution is 7.75. The lowest BCUT2D eigenvalue weighted by molar-refractivity contribution is 0.0351. The molecule has 0 N–H and O–H groups in total. The van der Waals surface area contributed by atoms with E-state index in [2.05, 4.69) is 65.8 Å². The molecule has 0 radical (unpaired) electrons. The van der Waals surface area contributed by atoms with Crippen molar-refractivity contribution < 1.29 is 22.0 Å². The van der Waals surface area contributed by atoms with Gasteiger partial charge in [-0.05, 0) is 60.1 Å². The molecule has 0 aliphatic heterocycles. The molecule has 2 aromatic carbocycles. The molecule has 0 saturated carbocycles. The molecule has 0 amide bonds. The number of hydrogen-bond acceptors (Lipinski definition) is 5. The molecule has 8 heteroatoms. The summed E-state index contributed by atoms with van der Waals surface area (Å²) in [6.07, 6.45) is -0.792. The third kappa shape index (κ3) is 10.7. The van der Waals surface area contributed by atoms with Gasteiger partial charge in [0.05, 0.1) is 0 Å². The van der Waals surface area contributed by atoms with Crippen LogP contribution in [0, 0.1) is 0 Å². The van der Waals surface area contributed by atoms with Gasteiger partial charge in [-0.3, -0.25) is 8.37 Å². The summed E-state index contributed by atoms with van der Waals surface area (Å²) in [6.45, 7) is 16.6. The quantitative estimate of drug-likeness (QED) is 0.209. The van der Waals surface area contributed by atoms with E-state index >= 15 is 0 Å². The Morgan fingerprint density at radius 1 is 0.658 bits per heavy atom. The van der Waals surface area contributed by atoms with Crippen LogP contribution < -0.4 is 9.47 Å². The Kier molecular flexibility index (Phi) is 12.9. The third-order valence-electron chi connectivity index (χ3n) is 6.31. The predicted octanol–water partition coefficient (Wildman–Crippen LogP) is 8.12. The van der Waals surface area contributed by atoms with Gasteiger partial charge in [0, 0.05) is 24.6 Å². The summed E-state index contributed by atoms with van der Waals surface area (Å²) < 4.78 is 36.5. The molecule has 0 fully saturated rings. The van der Waals surface area contributed by atoms with E-state index in [0.717, 1.165) is 0 Å². The Morgan fingerprint density at radius 3 is 1.24 bits per heavy atom. The van der Waals surface area contributed by atoms with Gasteiger partial charge in [0.15, 0.2) is 0 Å². The standard InChI is InChI=1S/C30H44Cl2O5S/c1-21(27(17-19-31)34-25-13-9-23(10-14-25)29(3,4)5)36-38(33)37-22(2)28(18-20-32)35-26-15-11-24(12-16-26)30(6,7)8/h9-16,21-22,27-28H,17-20H2,1-8H3. The van der Waals surface area contributed by atoms with Crippen molar-refractivity contribution in [1.82, 2.24) is 0 Å². The monoisotopic (exact) mass is 586 g/mol. The first-order valence-electron chi connectivity index (χ1n) is 13.2. The molecule has 2 aromatic rings. The molecular formula is C30H44Cl2O5S. The molecule has 0 spiro atoms. The minimum atomic E-state index is -2.02. The second-order valence-corrected chi connectivity index (χ2v) is 13.2. The summed E-state index contributed by atoms with van der Waals surface area (Å²) in [7, 11) is 0. The van der Waals surface area contributed by atoms with Gasteiger partial charge in [0.2, 0.25) is 0 Å². The normalized spacial score (nSPS) is 16.4. The molecule has 4 atom stereocenters. The van der Waals surface area contributed by atoms with Crippen LogP contribution in [0.4, 0.5) is 0 Å². The first-order valence-corrected chi connectivity index (χ1v) is 15.2. The average molecular weight is 588 g/mol. The Hall–Kier alpha value is -1.31. The number of benzene rings is 2. The maximum absolute atomic E-state index is 12.8. The van der Waals surface area contributed by atoms with E-state index in [1.165, 1.54) is 11.1 Å². The van der Waals surface area contributed by atoms with Crippen LogP contribution in [0.25, 0.3) is 0 Å². The van der Waals surface area contributed by atoms with Crippen LogP contribution in [0.2, 0.25) is 0 Å². The summed E-state index contributed by atoms with van der Waals surface area (Å²) >= 11 is 10.0. The van der Waals surface area contributed by atoms with Crippen molar-refractivity contribution in [3.05, 3.63) is 59.7 Å².